The zero-order valence-electron chi connectivity index (χ0n) is 9.01. The van der Waals surface area contributed by atoms with Crippen LogP contribution in [0.3, 0.4) is 0 Å². The van der Waals surface area contributed by atoms with E-state index in [1.165, 1.54) is 12.4 Å². The van der Waals surface area contributed by atoms with Crippen LogP contribution in [0.1, 0.15) is 17.5 Å². The van der Waals surface area contributed by atoms with Gasteiger partial charge < -0.3 is 9.15 Å². The monoisotopic (exact) mass is 252 g/mol. The number of pyridine rings is 1. The van der Waals surface area contributed by atoms with Crippen molar-refractivity contribution in [2.45, 2.75) is 6.92 Å². The Morgan fingerprint density at radius 3 is 2.88 bits per heavy atom. The maximum absolute atomic E-state index is 11.3. The fourth-order valence-corrected chi connectivity index (χ4v) is 1.30. The Morgan fingerprint density at radius 1 is 1.41 bits per heavy atom. The average Bonchev–Trinajstić information content (AvgIpc) is 2.80. The van der Waals surface area contributed by atoms with Gasteiger partial charge in [0.2, 0.25) is 11.7 Å². The highest BCUT2D eigenvalue weighted by Gasteiger charge is 2.14. The lowest BCUT2D eigenvalue weighted by atomic mass is 10.3. The first-order valence-corrected chi connectivity index (χ1v) is 5.33. The fourth-order valence-electron chi connectivity index (χ4n) is 1.19. The van der Waals surface area contributed by atoms with Crippen molar-refractivity contribution in [2.75, 3.05) is 6.61 Å². The number of halogens is 1. The Morgan fingerprint density at radius 2 is 2.24 bits per heavy atom. The maximum atomic E-state index is 11.3. The smallest absolute Gasteiger partial charge is 0.375 e. The molecule has 0 aromatic carbocycles. The van der Waals surface area contributed by atoms with Crippen LogP contribution in [-0.2, 0) is 4.74 Å². The van der Waals surface area contributed by atoms with Crippen LogP contribution in [0.25, 0.3) is 11.6 Å². The summed E-state index contributed by atoms with van der Waals surface area (Å²) in [7, 11) is 0. The number of aromatic nitrogens is 2. The van der Waals surface area contributed by atoms with Crippen molar-refractivity contribution in [1.82, 2.24) is 9.97 Å². The lowest BCUT2D eigenvalue weighted by Crippen LogP contribution is -2.02. The normalized spacial score (nSPS) is 10.2. The topological polar surface area (TPSA) is 65.2 Å². The van der Waals surface area contributed by atoms with Crippen molar-refractivity contribution < 1.29 is 13.9 Å². The predicted octanol–water partition coefficient (Wildman–Crippen LogP) is 2.57. The molecule has 6 heteroatoms. The van der Waals surface area contributed by atoms with Crippen LogP contribution in [0.4, 0.5) is 0 Å². The Bertz CT molecular complexity index is 522. The highest BCUT2D eigenvalue weighted by atomic mass is 35.5. The van der Waals surface area contributed by atoms with Gasteiger partial charge in [-0.3, -0.25) is 0 Å². The first-order chi connectivity index (χ1) is 8.20. The zero-order chi connectivity index (χ0) is 12.3. The summed E-state index contributed by atoms with van der Waals surface area (Å²) in [5, 5.41) is 0.519. The van der Waals surface area contributed by atoms with Gasteiger partial charge in [0.15, 0.2) is 0 Å². The van der Waals surface area contributed by atoms with Crippen LogP contribution in [0.15, 0.2) is 28.9 Å². The van der Waals surface area contributed by atoms with Gasteiger partial charge in [-0.05, 0) is 19.1 Å². The molecule has 0 aliphatic carbocycles. The summed E-state index contributed by atoms with van der Waals surface area (Å²) in [5.74, 6) is -0.233. The second-order valence-electron chi connectivity index (χ2n) is 3.11. The van der Waals surface area contributed by atoms with Gasteiger partial charge in [-0.15, -0.1) is 0 Å². The molecule has 17 heavy (non-hydrogen) atoms. The fraction of sp³-hybridized carbons (Fsp3) is 0.182. The molecule has 5 nitrogen and oxygen atoms in total. The van der Waals surface area contributed by atoms with Crippen molar-refractivity contribution in [3.63, 3.8) is 0 Å². The van der Waals surface area contributed by atoms with Crippen molar-refractivity contribution in [2.24, 2.45) is 0 Å². The molecule has 0 saturated heterocycles. The van der Waals surface area contributed by atoms with Crippen molar-refractivity contribution in [1.29, 1.82) is 0 Å². The number of rotatable bonds is 3. The van der Waals surface area contributed by atoms with Crippen molar-refractivity contribution in [3.8, 4) is 11.6 Å². The summed E-state index contributed by atoms with van der Waals surface area (Å²) in [5.41, 5.74) is 0.505. The van der Waals surface area contributed by atoms with Gasteiger partial charge in [-0.25, -0.2) is 14.8 Å². The minimum atomic E-state index is -0.541. The van der Waals surface area contributed by atoms with Crippen LogP contribution in [0.2, 0.25) is 5.02 Å². The number of carbonyl (C=O) groups excluding carboxylic acids is 1. The summed E-state index contributed by atoms with van der Waals surface area (Å²) in [4.78, 5) is 19.3. The van der Waals surface area contributed by atoms with Crippen LogP contribution < -0.4 is 0 Å². The maximum Gasteiger partial charge on any atom is 0.375 e. The molecule has 2 aromatic rings. The van der Waals surface area contributed by atoms with E-state index < -0.39 is 5.97 Å². The number of nitrogens with zero attached hydrogens (tertiary/aromatic N) is 2. The van der Waals surface area contributed by atoms with Gasteiger partial charge >= 0.3 is 5.97 Å². The lowest BCUT2D eigenvalue weighted by molar-refractivity contribution is 0.0491. The first kappa shape index (κ1) is 11.6. The number of esters is 1. The summed E-state index contributed by atoms with van der Waals surface area (Å²) >= 11 is 5.71. The summed E-state index contributed by atoms with van der Waals surface area (Å²) in [6.07, 6.45) is 2.79. The molecule has 0 fully saturated rings. The lowest BCUT2D eigenvalue weighted by Gasteiger charge is -1.96. The van der Waals surface area contributed by atoms with E-state index in [-0.39, 0.29) is 18.3 Å². The molecular formula is C11H9ClN2O3. The van der Waals surface area contributed by atoms with Gasteiger partial charge in [0.05, 0.1) is 17.8 Å². The van der Waals surface area contributed by atoms with E-state index in [0.717, 1.165) is 0 Å². The molecule has 0 N–H and O–H groups in total. The molecule has 0 spiro atoms. The standard InChI is InChI=1S/C11H9ClN2O3/c1-2-16-11(15)9-6-14-10(17-9)8-4-3-7(12)5-13-8/h3-6H,2H2,1H3. The summed E-state index contributed by atoms with van der Waals surface area (Å²) < 4.78 is 10.0. The summed E-state index contributed by atoms with van der Waals surface area (Å²) in [6, 6.07) is 3.32. The van der Waals surface area contributed by atoms with E-state index >= 15 is 0 Å². The Labute approximate surface area is 102 Å². The Balaban J connectivity index is 2.23. The molecule has 88 valence electrons. The summed E-state index contributed by atoms with van der Waals surface area (Å²) in [6.45, 7) is 2.00. The predicted molar refractivity (Wildman–Crippen MR) is 60.7 cm³/mol. The molecular weight excluding hydrogens is 244 g/mol. The molecule has 0 radical (unpaired) electrons. The van der Waals surface area contributed by atoms with Gasteiger partial charge in [-0.1, -0.05) is 11.6 Å². The van der Waals surface area contributed by atoms with E-state index in [1.807, 2.05) is 0 Å². The van der Waals surface area contributed by atoms with Crippen molar-refractivity contribution >= 4 is 17.6 Å². The van der Waals surface area contributed by atoms with Gasteiger partial charge in [0.1, 0.15) is 5.69 Å². The highest BCUT2D eigenvalue weighted by Crippen LogP contribution is 2.18. The van der Waals surface area contributed by atoms with E-state index in [0.29, 0.717) is 10.7 Å². The highest BCUT2D eigenvalue weighted by molar-refractivity contribution is 6.30. The Hall–Kier alpha value is -1.88. The molecule has 0 unspecified atom stereocenters. The molecule has 2 aromatic heterocycles. The van der Waals surface area contributed by atoms with E-state index in [1.54, 1.807) is 19.1 Å². The minimum absolute atomic E-state index is 0.0543. The molecule has 0 amide bonds. The number of hydrogen-bond acceptors (Lipinski definition) is 5. The van der Waals surface area contributed by atoms with E-state index in [2.05, 4.69) is 9.97 Å². The molecule has 0 bridgehead atoms. The Kier molecular flexibility index (Phi) is 3.39. The average molecular weight is 253 g/mol. The molecule has 0 aliphatic rings. The first-order valence-electron chi connectivity index (χ1n) is 4.95. The third-order valence-electron chi connectivity index (χ3n) is 1.93. The van der Waals surface area contributed by atoms with Gasteiger partial charge in [-0.2, -0.15) is 0 Å². The zero-order valence-corrected chi connectivity index (χ0v) is 9.77. The number of ether oxygens (including phenoxy) is 1. The third kappa shape index (κ3) is 2.62. The minimum Gasteiger partial charge on any atom is -0.460 e. The largest absolute Gasteiger partial charge is 0.460 e. The SMILES string of the molecule is CCOC(=O)c1cnc(-c2ccc(Cl)cn2)o1. The van der Waals surface area contributed by atoms with Crippen LogP contribution in [0, 0.1) is 0 Å². The second kappa shape index (κ2) is 4.97. The van der Waals surface area contributed by atoms with E-state index in [9.17, 15) is 4.79 Å². The molecule has 0 saturated carbocycles. The van der Waals surface area contributed by atoms with Crippen LogP contribution in [-0.4, -0.2) is 22.5 Å². The number of carbonyl (C=O) groups is 1. The second-order valence-corrected chi connectivity index (χ2v) is 3.55. The number of oxazole rings is 1. The van der Waals surface area contributed by atoms with Gasteiger partial charge in [0, 0.05) is 6.20 Å². The van der Waals surface area contributed by atoms with Crippen molar-refractivity contribution in [3.05, 3.63) is 35.3 Å². The molecule has 2 rings (SSSR count). The molecule has 2 heterocycles. The third-order valence-corrected chi connectivity index (χ3v) is 2.15. The van der Waals surface area contributed by atoms with Gasteiger partial charge in [0.25, 0.3) is 0 Å². The quantitative estimate of drug-likeness (QED) is 0.786. The van der Waals surface area contributed by atoms with Crippen LogP contribution >= 0.6 is 11.6 Å². The molecule has 0 aliphatic heterocycles. The molecule has 0 atom stereocenters. The number of hydrogen-bond donors (Lipinski definition) is 0. The van der Waals surface area contributed by atoms with E-state index in [4.69, 9.17) is 20.8 Å². The van der Waals surface area contributed by atoms with Crippen LogP contribution in [0.5, 0.6) is 0 Å².